The van der Waals surface area contributed by atoms with Gasteiger partial charge in [-0.1, -0.05) is 36.4 Å². The SMILES string of the molecule is O=C(COc1ccc2ccccc2c1)NNC(=O)c1cccc([N+](=O)[O-])c1. The number of fused-ring (bicyclic) bond motifs is 1. The van der Waals surface area contributed by atoms with Gasteiger partial charge in [-0.05, 0) is 29.0 Å². The van der Waals surface area contributed by atoms with Crippen LogP contribution >= 0.6 is 0 Å². The van der Waals surface area contributed by atoms with Crippen molar-refractivity contribution in [3.05, 3.63) is 82.4 Å². The van der Waals surface area contributed by atoms with Crippen molar-refractivity contribution in [2.24, 2.45) is 0 Å². The number of nitrogens with zero attached hydrogens (tertiary/aromatic N) is 1. The summed E-state index contributed by atoms with van der Waals surface area (Å²) in [5.74, 6) is -0.714. The molecule has 0 aliphatic carbocycles. The summed E-state index contributed by atoms with van der Waals surface area (Å²) >= 11 is 0. The minimum absolute atomic E-state index is 0.0555. The van der Waals surface area contributed by atoms with Gasteiger partial charge in [-0.2, -0.15) is 0 Å². The zero-order valence-corrected chi connectivity index (χ0v) is 14.0. The van der Waals surface area contributed by atoms with Crippen molar-refractivity contribution in [1.29, 1.82) is 0 Å². The summed E-state index contributed by atoms with van der Waals surface area (Å²) in [6.07, 6.45) is 0. The lowest BCUT2D eigenvalue weighted by molar-refractivity contribution is -0.384. The summed E-state index contributed by atoms with van der Waals surface area (Å²) in [7, 11) is 0. The van der Waals surface area contributed by atoms with E-state index in [-0.39, 0.29) is 17.9 Å². The number of amides is 2. The molecule has 27 heavy (non-hydrogen) atoms. The van der Waals surface area contributed by atoms with E-state index in [1.807, 2.05) is 36.4 Å². The number of nitrogens with one attached hydrogen (secondary N) is 2. The van der Waals surface area contributed by atoms with Crippen molar-refractivity contribution in [3.8, 4) is 5.75 Å². The standard InChI is InChI=1S/C19H15N3O5/c23-18(12-27-17-9-8-13-4-1-2-5-14(13)11-17)20-21-19(24)15-6-3-7-16(10-15)22(25)26/h1-11H,12H2,(H,20,23)(H,21,24). The average Bonchev–Trinajstić information content (AvgIpc) is 2.70. The van der Waals surface area contributed by atoms with E-state index < -0.39 is 16.7 Å². The molecule has 0 saturated carbocycles. The van der Waals surface area contributed by atoms with E-state index in [4.69, 9.17) is 4.74 Å². The maximum Gasteiger partial charge on any atom is 0.276 e. The van der Waals surface area contributed by atoms with Crippen molar-refractivity contribution in [2.45, 2.75) is 0 Å². The molecule has 0 saturated heterocycles. The van der Waals surface area contributed by atoms with Crippen molar-refractivity contribution in [2.75, 3.05) is 6.61 Å². The number of ether oxygens (including phenoxy) is 1. The van der Waals surface area contributed by atoms with Crippen LogP contribution in [0.1, 0.15) is 10.4 Å². The molecule has 0 aromatic heterocycles. The Hall–Kier alpha value is -3.94. The molecule has 0 radical (unpaired) electrons. The molecule has 0 fully saturated rings. The van der Waals surface area contributed by atoms with Crippen LogP contribution in [0, 0.1) is 10.1 Å². The third-order valence-corrected chi connectivity index (χ3v) is 3.73. The Morgan fingerprint density at radius 1 is 0.926 bits per heavy atom. The summed E-state index contributed by atoms with van der Waals surface area (Å²) in [4.78, 5) is 33.9. The molecular formula is C19H15N3O5. The number of hydrogen-bond donors (Lipinski definition) is 2. The first-order valence-corrected chi connectivity index (χ1v) is 7.98. The number of rotatable bonds is 5. The molecule has 136 valence electrons. The largest absolute Gasteiger partial charge is 0.484 e. The van der Waals surface area contributed by atoms with E-state index in [9.17, 15) is 19.7 Å². The fourth-order valence-corrected chi connectivity index (χ4v) is 2.40. The Balaban J connectivity index is 1.52. The summed E-state index contributed by atoms with van der Waals surface area (Å²) in [6, 6.07) is 18.4. The van der Waals surface area contributed by atoms with Crippen LogP contribution in [0.2, 0.25) is 0 Å². The number of benzene rings is 3. The molecule has 0 atom stereocenters. The number of hydrogen-bond acceptors (Lipinski definition) is 5. The first kappa shape index (κ1) is 17.9. The van der Waals surface area contributed by atoms with E-state index in [1.165, 1.54) is 18.2 Å². The molecule has 3 rings (SSSR count). The number of hydrazine groups is 1. The second-order valence-electron chi connectivity index (χ2n) is 5.61. The van der Waals surface area contributed by atoms with Crippen LogP contribution in [0.25, 0.3) is 10.8 Å². The van der Waals surface area contributed by atoms with Gasteiger partial charge in [0, 0.05) is 17.7 Å². The zero-order chi connectivity index (χ0) is 19.2. The smallest absolute Gasteiger partial charge is 0.276 e. The van der Waals surface area contributed by atoms with E-state index in [2.05, 4.69) is 10.9 Å². The summed E-state index contributed by atoms with van der Waals surface area (Å²) in [5.41, 5.74) is 4.23. The van der Waals surface area contributed by atoms with Gasteiger partial charge >= 0.3 is 0 Å². The average molecular weight is 365 g/mol. The molecule has 0 aliphatic rings. The number of nitro benzene ring substituents is 1. The topological polar surface area (TPSA) is 111 Å². The predicted molar refractivity (Wildman–Crippen MR) is 98.1 cm³/mol. The molecule has 0 bridgehead atoms. The van der Waals surface area contributed by atoms with Crippen LogP contribution in [0.4, 0.5) is 5.69 Å². The van der Waals surface area contributed by atoms with Crippen molar-refractivity contribution in [1.82, 2.24) is 10.9 Å². The van der Waals surface area contributed by atoms with Crippen molar-refractivity contribution >= 4 is 28.3 Å². The number of carbonyl (C=O) groups excluding carboxylic acids is 2. The number of non-ortho nitro benzene ring substituents is 1. The third kappa shape index (κ3) is 4.57. The number of carbonyl (C=O) groups is 2. The van der Waals surface area contributed by atoms with Crippen molar-refractivity contribution < 1.29 is 19.2 Å². The first-order valence-electron chi connectivity index (χ1n) is 7.98. The van der Waals surface area contributed by atoms with E-state index in [1.54, 1.807) is 6.07 Å². The maximum absolute atomic E-state index is 12.0. The third-order valence-electron chi connectivity index (χ3n) is 3.73. The summed E-state index contributed by atoms with van der Waals surface area (Å²) < 4.78 is 5.41. The Morgan fingerprint density at radius 3 is 2.48 bits per heavy atom. The quantitative estimate of drug-likeness (QED) is 0.533. The van der Waals surface area contributed by atoms with Gasteiger partial charge in [0.25, 0.3) is 17.5 Å². The molecule has 0 heterocycles. The van der Waals surface area contributed by atoms with Gasteiger partial charge in [0.15, 0.2) is 6.61 Å². The normalized spacial score (nSPS) is 10.2. The fourth-order valence-electron chi connectivity index (χ4n) is 2.40. The van der Waals surface area contributed by atoms with Gasteiger partial charge in [-0.3, -0.25) is 30.6 Å². The Labute approximate surface area is 153 Å². The van der Waals surface area contributed by atoms with Crippen LogP contribution in [0.15, 0.2) is 66.7 Å². The minimum Gasteiger partial charge on any atom is -0.484 e. The lowest BCUT2D eigenvalue weighted by Gasteiger charge is -2.09. The Kier molecular flexibility index (Phi) is 5.27. The van der Waals surface area contributed by atoms with Gasteiger partial charge in [0.05, 0.1) is 4.92 Å². The van der Waals surface area contributed by atoms with Crippen LogP contribution in [-0.4, -0.2) is 23.3 Å². The lowest BCUT2D eigenvalue weighted by Crippen LogP contribution is -2.43. The highest BCUT2D eigenvalue weighted by Crippen LogP contribution is 2.20. The van der Waals surface area contributed by atoms with Crippen LogP contribution < -0.4 is 15.6 Å². The predicted octanol–water partition coefficient (Wildman–Crippen LogP) is 2.59. The van der Waals surface area contributed by atoms with Gasteiger partial charge in [0.1, 0.15) is 5.75 Å². The molecular weight excluding hydrogens is 350 g/mol. The summed E-state index contributed by atoms with van der Waals surface area (Å²) in [6.45, 7) is -0.298. The highest BCUT2D eigenvalue weighted by molar-refractivity contribution is 5.96. The lowest BCUT2D eigenvalue weighted by atomic mass is 10.1. The van der Waals surface area contributed by atoms with Crippen LogP contribution in [0.3, 0.4) is 0 Å². The van der Waals surface area contributed by atoms with Gasteiger partial charge < -0.3 is 4.74 Å². The molecule has 8 nitrogen and oxygen atoms in total. The molecule has 0 spiro atoms. The first-order chi connectivity index (χ1) is 13.0. The molecule has 8 heteroatoms. The van der Waals surface area contributed by atoms with Crippen LogP contribution in [-0.2, 0) is 4.79 Å². The Bertz CT molecular complexity index is 1020. The zero-order valence-electron chi connectivity index (χ0n) is 14.0. The van der Waals surface area contributed by atoms with Crippen molar-refractivity contribution in [3.63, 3.8) is 0 Å². The van der Waals surface area contributed by atoms with E-state index >= 15 is 0 Å². The molecule has 0 unspecified atom stereocenters. The molecule has 3 aromatic rings. The molecule has 0 aliphatic heterocycles. The highest BCUT2D eigenvalue weighted by Gasteiger charge is 2.12. The minimum atomic E-state index is -0.669. The second-order valence-corrected chi connectivity index (χ2v) is 5.61. The van der Waals surface area contributed by atoms with Crippen LogP contribution in [0.5, 0.6) is 5.75 Å². The highest BCUT2D eigenvalue weighted by atomic mass is 16.6. The maximum atomic E-state index is 12.0. The van der Waals surface area contributed by atoms with Gasteiger partial charge in [0.2, 0.25) is 0 Å². The second kappa shape index (κ2) is 7.96. The molecule has 2 N–H and O–H groups in total. The fraction of sp³-hybridized carbons (Fsp3) is 0.0526. The molecule has 2 amide bonds. The Morgan fingerprint density at radius 2 is 1.70 bits per heavy atom. The number of nitro groups is 1. The van der Waals surface area contributed by atoms with E-state index in [0.717, 1.165) is 16.8 Å². The van der Waals surface area contributed by atoms with E-state index in [0.29, 0.717) is 5.75 Å². The molecule has 3 aromatic carbocycles. The monoisotopic (exact) mass is 365 g/mol. The van der Waals surface area contributed by atoms with Gasteiger partial charge in [-0.15, -0.1) is 0 Å². The van der Waals surface area contributed by atoms with Gasteiger partial charge in [-0.25, -0.2) is 0 Å². The summed E-state index contributed by atoms with van der Waals surface area (Å²) in [5, 5.41) is 12.8.